The van der Waals surface area contributed by atoms with E-state index in [0.717, 1.165) is 0 Å². The summed E-state index contributed by atoms with van der Waals surface area (Å²) in [5.41, 5.74) is 2.05. The Morgan fingerprint density at radius 3 is 2.22 bits per heavy atom. The Morgan fingerprint density at radius 2 is 1.68 bits per heavy atom. The Kier molecular flexibility index (Phi) is 10.5. The van der Waals surface area contributed by atoms with E-state index < -0.39 is 88.2 Å². The number of rotatable bonds is 9. The van der Waals surface area contributed by atoms with Gasteiger partial charge in [-0.05, 0) is 56.8 Å². The fraction of sp³-hybridized carbons (Fsp3) is 0.559. The van der Waals surface area contributed by atoms with E-state index in [9.17, 15) is 44.4 Å². The van der Waals surface area contributed by atoms with Crippen LogP contribution in [0.15, 0.2) is 23.0 Å². The number of amides is 2. The highest BCUT2D eigenvalue weighted by molar-refractivity contribution is 6.24. The molecule has 50 heavy (non-hydrogen) atoms. The summed E-state index contributed by atoms with van der Waals surface area (Å²) in [6, 6.07) is 0.444. The van der Waals surface area contributed by atoms with Crippen LogP contribution in [0.1, 0.15) is 50.8 Å². The number of ether oxygens (including phenoxy) is 3. The van der Waals surface area contributed by atoms with Gasteiger partial charge >= 0.3 is 12.2 Å². The molecule has 4 rings (SSSR count). The van der Waals surface area contributed by atoms with Gasteiger partial charge in [-0.3, -0.25) is 19.3 Å². The fourth-order valence-electron chi connectivity index (χ4n) is 7.21. The van der Waals surface area contributed by atoms with Crippen molar-refractivity contribution in [2.24, 2.45) is 23.0 Å². The van der Waals surface area contributed by atoms with Crippen LogP contribution in [0.4, 0.5) is 15.3 Å². The number of benzene rings is 1. The Labute approximate surface area is 289 Å². The van der Waals surface area contributed by atoms with E-state index in [0.29, 0.717) is 11.3 Å². The minimum atomic E-state index is -2.78. The number of hydrogen-bond donors (Lipinski definition) is 5. The van der Waals surface area contributed by atoms with Gasteiger partial charge in [-0.15, -0.1) is 0 Å². The van der Waals surface area contributed by atoms with Crippen molar-refractivity contribution in [2.75, 3.05) is 53.0 Å². The zero-order chi connectivity index (χ0) is 37.6. The first-order chi connectivity index (χ1) is 23.2. The highest BCUT2D eigenvalue weighted by atomic mass is 16.8. The number of phenolic OH excluding ortho intramolecular Hbond substituents is 1. The second-order valence-electron chi connectivity index (χ2n) is 14.4. The van der Waals surface area contributed by atoms with E-state index in [4.69, 9.17) is 15.2 Å². The Hall–Kier alpha value is -4.83. The molecule has 1 aromatic carbocycles. The molecule has 2 amide bonds. The number of phenols is 1. The molecule has 0 unspecified atom stereocenters. The SMILES string of the molecule is CCOC(=O)OCOC(=O)N(Cc1cc(N(C)C)c2c(c1O)C(O)=C1C(=O)[C@]3(O)C(O)=C(C(N)=O)C(=O)[C@@H](N(C)C)[C@@H]3C[C@@H]1C2)CC(C)(C)C. The fourth-order valence-corrected chi connectivity index (χ4v) is 7.21. The molecule has 0 radical (unpaired) electrons. The largest absolute Gasteiger partial charge is 0.511 e. The summed E-state index contributed by atoms with van der Waals surface area (Å²) in [5.74, 6) is -7.54. The molecule has 0 spiro atoms. The Bertz CT molecular complexity index is 1670. The van der Waals surface area contributed by atoms with E-state index >= 15 is 0 Å². The third kappa shape index (κ3) is 6.68. The molecule has 4 atom stereocenters. The molecule has 3 aliphatic rings. The van der Waals surface area contributed by atoms with Crippen molar-refractivity contribution in [2.45, 2.75) is 58.7 Å². The first-order valence-electron chi connectivity index (χ1n) is 16.1. The predicted molar refractivity (Wildman–Crippen MR) is 178 cm³/mol. The molecule has 0 saturated heterocycles. The first kappa shape index (κ1) is 38.0. The number of likely N-dealkylation sites (N-methyl/N-ethyl adjacent to an activating group) is 1. The smallest absolute Gasteiger partial charge is 0.508 e. The second-order valence-corrected chi connectivity index (χ2v) is 14.4. The number of aromatic hydroxyl groups is 1. The normalized spacial score (nSPS) is 23.2. The number of hydrogen-bond acceptors (Lipinski definition) is 14. The van der Waals surface area contributed by atoms with Crippen LogP contribution in [0.2, 0.25) is 0 Å². The van der Waals surface area contributed by atoms with Gasteiger partial charge in [-0.25, -0.2) is 9.59 Å². The van der Waals surface area contributed by atoms with Crippen molar-refractivity contribution < 1.29 is 58.6 Å². The highest BCUT2D eigenvalue weighted by Gasteiger charge is 2.64. The zero-order valence-corrected chi connectivity index (χ0v) is 29.5. The maximum absolute atomic E-state index is 14.3. The number of fused-ring (bicyclic) bond motifs is 3. The molecule has 16 heteroatoms. The summed E-state index contributed by atoms with van der Waals surface area (Å²) in [6.07, 6.45) is -1.86. The first-order valence-corrected chi connectivity index (χ1v) is 16.1. The maximum Gasteiger partial charge on any atom is 0.511 e. The molecule has 1 aromatic rings. The number of aliphatic hydroxyl groups is 3. The topological polar surface area (TPSA) is 230 Å². The quantitative estimate of drug-likeness (QED) is 0.141. The summed E-state index contributed by atoms with van der Waals surface area (Å²) < 4.78 is 14.6. The van der Waals surface area contributed by atoms with Crippen molar-refractivity contribution in [3.63, 3.8) is 0 Å². The van der Waals surface area contributed by atoms with E-state index in [1.807, 2.05) is 20.8 Å². The average Bonchev–Trinajstić information content (AvgIpc) is 2.98. The average molecular weight is 703 g/mol. The van der Waals surface area contributed by atoms with E-state index in [1.165, 1.54) is 23.9 Å². The van der Waals surface area contributed by atoms with Gasteiger partial charge in [0.25, 0.3) is 5.91 Å². The number of Topliss-reactive ketones (excluding diaryl/α,β-unsaturated/α-hetero) is 2. The lowest BCUT2D eigenvalue weighted by Gasteiger charge is -2.50. The minimum Gasteiger partial charge on any atom is -0.508 e. The van der Waals surface area contributed by atoms with Crippen LogP contribution < -0.4 is 10.6 Å². The summed E-state index contributed by atoms with van der Waals surface area (Å²) in [4.78, 5) is 69.1. The summed E-state index contributed by atoms with van der Waals surface area (Å²) in [5, 5.41) is 46.6. The standard InChI is InChI=1S/C34H46N4O12/c1-9-48-32(46)50-15-49-31(45)38(14-33(2,3)4)13-17-12-20(36(5)6)18-10-16-11-19-24(37(7)8)27(41)23(30(35)44)29(43)34(19,47)28(42)21(16)26(40)22(18)25(17)39/h12,16,19,24,39-40,43,47H,9-11,13-15H2,1-8H3,(H2,35,44)/t16-,19-,24-,34-/m0/s1. The van der Waals surface area contributed by atoms with Gasteiger partial charge in [-0.1, -0.05) is 20.8 Å². The third-order valence-electron chi connectivity index (χ3n) is 9.16. The van der Waals surface area contributed by atoms with E-state index in [-0.39, 0.29) is 49.2 Å². The minimum absolute atomic E-state index is 0.0553. The monoisotopic (exact) mass is 702 g/mol. The van der Waals surface area contributed by atoms with Crippen LogP contribution in [-0.2, 0) is 41.6 Å². The molecule has 274 valence electrons. The van der Waals surface area contributed by atoms with Gasteiger partial charge in [0, 0.05) is 43.4 Å². The molecule has 0 aliphatic heterocycles. The van der Waals surface area contributed by atoms with Crippen molar-refractivity contribution in [1.82, 2.24) is 9.80 Å². The van der Waals surface area contributed by atoms with Gasteiger partial charge in [-0.2, -0.15) is 0 Å². The van der Waals surface area contributed by atoms with E-state index in [2.05, 4.69) is 4.74 Å². The number of carbonyl (C=O) groups excluding carboxylic acids is 5. The van der Waals surface area contributed by atoms with Gasteiger partial charge in [0.1, 0.15) is 22.8 Å². The molecule has 16 nitrogen and oxygen atoms in total. The lowest BCUT2D eigenvalue weighted by atomic mass is 9.57. The predicted octanol–water partition coefficient (Wildman–Crippen LogP) is 2.15. The highest BCUT2D eigenvalue weighted by Crippen LogP contribution is 2.54. The number of carbonyl (C=O) groups is 5. The Balaban J connectivity index is 1.83. The van der Waals surface area contributed by atoms with Crippen molar-refractivity contribution in [1.29, 1.82) is 0 Å². The van der Waals surface area contributed by atoms with E-state index in [1.54, 1.807) is 32.0 Å². The van der Waals surface area contributed by atoms with Gasteiger partial charge in [0.2, 0.25) is 12.6 Å². The molecule has 0 aromatic heterocycles. The lowest BCUT2D eigenvalue weighted by molar-refractivity contribution is -0.153. The van der Waals surface area contributed by atoms with Gasteiger partial charge in [0.05, 0.1) is 24.8 Å². The van der Waals surface area contributed by atoms with Crippen LogP contribution in [-0.4, -0.2) is 120 Å². The molecule has 6 N–H and O–H groups in total. The molecular weight excluding hydrogens is 656 g/mol. The van der Waals surface area contributed by atoms with Crippen molar-refractivity contribution in [3.05, 3.63) is 39.7 Å². The number of nitrogens with zero attached hydrogens (tertiary/aromatic N) is 3. The van der Waals surface area contributed by atoms with Gasteiger partial charge < -0.3 is 50.2 Å². The van der Waals surface area contributed by atoms with Crippen LogP contribution in [0.3, 0.4) is 0 Å². The number of ketones is 2. The summed E-state index contributed by atoms with van der Waals surface area (Å²) in [7, 11) is 6.54. The maximum atomic E-state index is 14.3. The van der Waals surface area contributed by atoms with Crippen LogP contribution in [0.25, 0.3) is 5.76 Å². The number of nitrogens with two attached hydrogens (primary N) is 1. The Morgan fingerprint density at radius 1 is 1.04 bits per heavy atom. The van der Waals surface area contributed by atoms with Crippen LogP contribution >= 0.6 is 0 Å². The molecule has 0 heterocycles. The van der Waals surface area contributed by atoms with Crippen molar-refractivity contribution in [3.8, 4) is 5.75 Å². The summed E-state index contributed by atoms with van der Waals surface area (Å²) >= 11 is 0. The molecule has 1 fully saturated rings. The lowest BCUT2D eigenvalue weighted by Crippen LogP contribution is -2.65. The number of anilines is 1. The molecular formula is C34H46N4O12. The molecule has 3 aliphatic carbocycles. The molecule has 1 saturated carbocycles. The second kappa shape index (κ2) is 13.8. The van der Waals surface area contributed by atoms with Gasteiger partial charge in [0.15, 0.2) is 11.4 Å². The zero-order valence-electron chi connectivity index (χ0n) is 29.5. The summed E-state index contributed by atoms with van der Waals surface area (Å²) in [6.45, 7) is 6.43. The third-order valence-corrected chi connectivity index (χ3v) is 9.16. The number of primary amides is 1. The van der Waals surface area contributed by atoms with Crippen molar-refractivity contribution >= 4 is 41.2 Å². The van der Waals surface area contributed by atoms with Crippen LogP contribution in [0, 0.1) is 17.3 Å². The number of aliphatic hydroxyl groups excluding tert-OH is 2. The van der Waals surface area contributed by atoms with Crippen LogP contribution in [0.5, 0.6) is 5.75 Å². The molecule has 0 bridgehead atoms.